The third kappa shape index (κ3) is 1.91. The topological polar surface area (TPSA) is 51.0 Å². The summed E-state index contributed by atoms with van der Waals surface area (Å²) < 4.78 is 5.69. The Kier molecular flexibility index (Phi) is 2.44. The summed E-state index contributed by atoms with van der Waals surface area (Å²) >= 11 is 0. The number of hydrogen-bond acceptors (Lipinski definition) is 4. The molecular formula is C11H17N3O. The lowest BCUT2D eigenvalue weighted by molar-refractivity contribution is 0.321. The standard InChI is InChI=1S/C11H17N3O/c1-3-8(4-1)11-14-13-10(15-11)7-9-5-2-6-12-9/h8-9,12H,1-7H2. The van der Waals surface area contributed by atoms with E-state index in [9.17, 15) is 0 Å². The lowest BCUT2D eigenvalue weighted by atomic mass is 9.85. The minimum absolute atomic E-state index is 0.555. The van der Waals surface area contributed by atoms with Crippen LogP contribution in [0.2, 0.25) is 0 Å². The molecule has 1 aromatic rings. The molecule has 1 atom stereocenters. The highest BCUT2D eigenvalue weighted by Crippen LogP contribution is 2.35. The molecule has 2 fully saturated rings. The molecule has 2 heterocycles. The number of aromatic nitrogens is 2. The minimum atomic E-state index is 0.555. The van der Waals surface area contributed by atoms with Crippen LogP contribution in [0.15, 0.2) is 4.42 Å². The summed E-state index contributed by atoms with van der Waals surface area (Å²) in [5.41, 5.74) is 0. The van der Waals surface area contributed by atoms with Gasteiger partial charge in [-0.15, -0.1) is 10.2 Å². The van der Waals surface area contributed by atoms with Gasteiger partial charge < -0.3 is 9.73 Å². The van der Waals surface area contributed by atoms with Gasteiger partial charge in [0, 0.05) is 18.4 Å². The minimum Gasteiger partial charge on any atom is -0.425 e. The van der Waals surface area contributed by atoms with Crippen LogP contribution in [-0.4, -0.2) is 22.8 Å². The molecule has 0 aromatic carbocycles. The molecular weight excluding hydrogens is 190 g/mol. The molecule has 82 valence electrons. The smallest absolute Gasteiger partial charge is 0.219 e. The summed E-state index contributed by atoms with van der Waals surface area (Å²) in [4.78, 5) is 0. The lowest BCUT2D eigenvalue weighted by Crippen LogP contribution is -2.23. The molecule has 1 N–H and O–H groups in total. The van der Waals surface area contributed by atoms with Gasteiger partial charge in [-0.3, -0.25) is 0 Å². The fourth-order valence-corrected chi connectivity index (χ4v) is 2.31. The first kappa shape index (κ1) is 9.33. The molecule has 4 nitrogen and oxygen atoms in total. The second-order valence-electron chi connectivity index (χ2n) is 4.66. The molecule has 0 spiro atoms. The Morgan fingerprint density at radius 3 is 2.80 bits per heavy atom. The highest BCUT2D eigenvalue weighted by molar-refractivity contribution is 4.97. The van der Waals surface area contributed by atoms with Gasteiger partial charge in [0.1, 0.15) is 0 Å². The predicted molar refractivity (Wildman–Crippen MR) is 55.6 cm³/mol. The zero-order valence-electron chi connectivity index (χ0n) is 8.91. The normalized spacial score (nSPS) is 26.8. The van der Waals surface area contributed by atoms with Gasteiger partial charge in [-0.25, -0.2) is 0 Å². The first-order valence-electron chi connectivity index (χ1n) is 5.97. The van der Waals surface area contributed by atoms with E-state index in [0.29, 0.717) is 12.0 Å². The fraction of sp³-hybridized carbons (Fsp3) is 0.818. The summed E-state index contributed by atoms with van der Waals surface area (Å²) in [6, 6.07) is 0.555. The van der Waals surface area contributed by atoms with Crippen molar-refractivity contribution in [2.24, 2.45) is 0 Å². The molecule has 15 heavy (non-hydrogen) atoms. The lowest BCUT2D eigenvalue weighted by Gasteiger charge is -2.20. The van der Waals surface area contributed by atoms with Crippen LogP contribution in [0, 0.1) is 0 Å². The van der Waals surface area contributed by atoms with E-state index in [1.54, 1.807) is 0 Å². The second kappa shape index (κ2) is 3.93. The van der Waals surface area contributed by atoms with E-state index in [0.717, 1.165) is 24.7 Å². The first-order valence-corrected chi connectivity index (χ1v) is 5.97. The van der Waals surface area contributed by atoms with Crippen LogP contribution in [0.5, 0.6) is 0 Å². The van der Waals surface area contributed by atoms with Crippen LogP contribution in [0.25, 0.3) is 0 Å². The van der Waals surface area contributed by atoms with Gasteiger partial charge >= 0.3 is 0 Å². The van der Waals surface area contributed by atoms with Gasteiger partial charge in [-0.05, 0) is 32.2 Å². The fourth-order valence-electron chi connectivity index (χ4n) is 2.31. The highest BCUT2D eigenvalue weighted by Gasteiger charge is 2.26. The van der Waals surface area contributed by atoms with Crippen molar-refractivity contribution in [3.63, 3.8) is 0 Å². The molecule has 4 heteroatoms. The van der Waals surface area contributed by atoms with Crippen molar-refractivity contribution in [2.75, 3.05) is 6.54 Å². The molecule has 2 aliphatic rings. The number of nitrogens with one attached hydrogen (secondary N) is 1. The van der Waals surface area contributed by atoms with Gasteiger partial charge in [0.15, 0.2) is 0 Å². The van der Waals surface area contributed by atoms with Crippen LogP contribution in [0.3, 0.4) is 0 Å². The Balaban J connectivity index is 1.62. The molecule has 1 aliphatic carbocycles. The molecule has 1 aromatic heterocycles. The van der Waals surface area contributed by atoms with Gasteiger partial charge in [0.2, 0.25) is 11.8 Å². The third-order valence-corrected chi connectivity index (χ3v) is 3.52. The van der Waals surface area contributed by atoms with E-state index in [2.05, 4.69) is 15.5 Å². The average molecular weight is 207 g/mol. The van der Waals surface area contributed by atoms with E-state index >= 15 is 0 Å². The van der Waals surface area contributed by atoms with Crippen molar-refractivity contribution in [3.05, 3.63) is 11.8 Å². The number of hydrogen-bond donors (Lipinski definition) is 1. The zero-order valence-corrected chi connectivity index (χ0v) is 8.91. The quantitative estimate of drug-likeness (QED) is 0.818. The van der Waals surface area contributed by atoms with E-state index in [4.69, 9.17) is 4.42 Å². The van der Waals surface area contributed by atoms with E-state index in [-0.39, 0.29) is 0 Å². The second-order valence-corrected chi connectivity index (χ2v) is 4.66. The monoisotopic (exact) mass is 207 g/mol. The number of nitrogens with zero attached hydrogens (tertiary/aromatic N) is 2. The van der Waals surface area contributed by atoms with Crippen molar-refractivity contribution in [2.45, 2.75) is 50.5 Å². The summed E-state index contributed by atoms with van der Waals surface area (Å²) in [7, 11) is 0. The Morgan fingerprint density at radius 2 is 2.13 bits per heavy atom. The van der Waals surface area contributed by atoms with Crippen molar-refractivity contribution in [1.29, 1.82) is 0 Å². The van der Waals surface area contributed by atoms with Crippen molar-refractivity contribution >= 4 is 0 Å². The van der Waals surface area contributed by atoms with Crippen LogP contribution >= 0.6 is 0 Å². The van der Waals surface area contributed by atoms with Gasteiger partial charge in [0.05, 0.1) is 0 Å². The van der Waals surface area contributed by atoms with Gasteiger partial charge in [0.25, 0.3) is 0 Å². The third-order valence-electron chi connectivity index (χ3n) is 3.52. The zero-order chi connectivity index (χ0) is 10.1. The SMILES string of the molecule is C1CNC(Cc2nnc(C3CCC3)o2)C1. The van der Waals surface area contributed by atoms with E-state index < -0.39 is 0 Å². The predicted octanol–water partition coefficient (Wildman–Crippen LogP) is 1.63. The Hall–Kier alpha value is -0.900. The Labute approximate surface area is 89.5 Å². The maximum atomic E-state index is 5.69. The average Bonchev–Trinajstić information content (AvgIpc) is 2.75. The molecule has 0 amide bonds. The van der Waals surface area contributed by atoms with Crippen molar-refractivity contribution < 1.29 is 4.42 Å². The summed E-state index contributed by atoms with van der Waals surface area (Å²) in [5, 5.41) is 11.7. The summed E-state index contributed by atoms with van der Waals surface area (Å²) in [6.07, 6.45) is 7.17. The maximum Gasteiger partial charge on any atom is 0.219 e. The molecule has 1 saturated carbocycles. The molecule has 0 bridgehead atoms. The molecule has 1 unspecified atom stereocenters. The van der Waals surface area contributed by atoms with Crippen LogP contribution < -0.4 is 5.32 Å². The van der Waals surface area contributed by atoms with Crippen LogP contribution in [0.4, 0.5) is 0 Å². The van der Waals surface area contributed by atoms with Gasteiger partial charge in [-0.2, -0.15) is 0 Å². The molecule has 1 aliphatic heterocycles. The molecule has 3 rings (SSSR count). The van der Waals surface area contributed by atoms with E-state index in [1.807, 2.05) is 0 Å². The Morgan fingerprint density at radius 1 is 1.20 bits per heavy atom. The summed E-state index contributed by atoms with van der Waals surface area (Å²) in [6.45, 7) is 1.13. The Bertz CT molecular complexity index is 326. The summed E-state index contributed by atoms with van der Waals surface area (Å²) in [5.74, 6) is 2.24. The maximum absolute atomic E-state index is 5.69. The van der Waals surface area contributed by atoms with Crippen LogP contribution in [-0.2, 0) is 6.42 Å². The largest absolute Gasteiger partial charge is 0.425 e. The van der Waals surface area contributed by atoms with E-state index in [1.165, 1.54) is 32.1 Å². The highest BCUT2D eigenvalue weighted by atomic mass is 16.4. The van der Waals surface area contributed by atoms with Gasteiger partial charge in [-0.1, -0.05) is 6.42 Å². The molecule has 0 radical (unpaired) electrons. The van der Waals surface area contributed by atoms with Crippen molar-refractivity contribution in [3.8, 4) is 0 Å². The molecule has 1 saturated heterocycles. The first-order chi connectivity index (χ1) is 7.42. The number of rotatable bonds is 3. The van der Waals surface area contributed by atoms with Crippen molar-refractivity contribution in [1.82, 2.24) is 15.5 Å². The van der Waals surface area contributed by atoms with Crippen LogP contribution in [0.1, 0.15) is 49.8 Å².